The Kier molecular flexibility index (Phi) is 5.60. The van der Waals surface area contributed by atoms with Crippen LogP contribution in [-0.2, 0) is 4.79 Å². The zero-order valence-electron chi connectivity index (χ0n) is 13.1. The number of aromatic nitrogens is 1. The van der Waals surface area contributed by atoms with Crippen LogP contribution in [0.3, 0.4) is 0 Å². The molecule has 0 spiro atoms. The van der Waals surface area contributed by atoms with Gasteiger partial charge in [-0.3, -0.25) is 4.79 Å². The average molecular weight is 333 g/mol. The van der Waals surface area contributed by atoms with Gasteiger partial charge >= 0.3 is 0 Å². The van der Waals surface area contributed by atoms with E-state index in [-0.39, 0.29) is 11.1 Å². The number of hydrogen-bond donors (Lipinski definition) is 1. The molecule has 1 heterocycles. The van der Waals surface area contributed by atoms with Crippen molar-refractivity contribution in [2.75, 3.05) is 19.5 Å². The molecule has 0 saturated heterocycles. The number of carbonyl (C=O) groups is 1. The minimum absolute atomic E-state index is 0.250. The third-order valence-corrected chi connectivity index (χ3v) is 3.46. The van der Waals surface area contributed by atoms with Gasteiger partial charge in [0, 0.05) is 11.8 Å². The number of methoxy groups -OCH3 is 2. The highest BCUT2D eigenvalue weighted by Gasteiger charge is 2.09. The molecule has 0 aliphatic rings. The molecule has 1 N–H and O–H groups in total. The highest BCUT2D eigenvalue weighted by atomic mass is 35.5. The molecular weight excluding hydrogens is 316 g/mol. The normalized spacial score (nSPS) is 11.0. The Bertz CT molecular complexity index is 744. The third kappa shape index (κ3) is 4.23. The van der Waals surface area contributed by atoms with Crippen LogP contribution in [0.2, 0.25) is 5.15 Å². The monoisotopic (exact) mass is 332 g/mol. The van der Waals surface area contributed by atoms with Crippen molar-refractivity contribution in [1.82, 2.24) is 4.98 Å². The fourth-order valence-corrected chi connectivity index (χ4v) is 2.12. The molecule has 0 radical (unpaired) electrons. The van der Waals surface area contributed by atoms with Gasteiger partial charge in [-0.1, -0.05) is 17.7 Å². The standard InChI is InChI=1S/C17H17ClN2O3/c1-11(17(21)20-13-5-4-8-19-16(13)18)9-12-6-7-14(22-2)15(10-12)23-3/h4-10H,1-3H3,(H,20,21)/b11-9+. The molecule has 1 aromatic heterocycles. The number of rotatable bonds is 5. The van der Waals surface area contributed by atoms with Gasteiger partial charge in [0.1, 0.15) is 0 Å². The minimum Gasteiger partial charge on any atom is -0.493 e. The van der Waals surface area contributed by atoms with Gasteiger partial charge in [-0.05, 0) is 42.8 Å². The van der Waals surface area contributed by atoms with Gasteiger partial charge in [0.05, 0.1) is 19.9 Å². The SMILES string of the molecule is COc1ccc(/C=C(\C)C(=O)Nc2cccnc2Cl)cc1OC. The van der Waals surface area contributed by atoms with Crippen LogP contribution in [-0.4, -0.2) is 25.1 Å². The minimum atomic E-state index is -0.255. The van der Waals surface area contributed by atoms with Crippen molar-refractivity contribution in [2.24, 2.45) is 0 Å². The molecule has 5 nitrogen and oxygen atoms in total. The predicted octanol–water partition coefficient (Wildman–Crippen LogP) is 3.79. The maximum Gasteiger partial charge on any atom is 0.251 e. The number of pyridine rings is 1. The molecule has 1 aromatic carbocycles. The lowest BCUT2D eigenvalue weighted by atomic mass is 10.1. The number of benzene rings is 1. The van der Waals surface area contributed by atoms with E-state index >= 15 is 0 Å². The Morgan fingerprint density at radius 2 is 1.96 bits per heavy atom. The van der Waals surface area contributed by atoms with Crippen LogP contribution in [0.25, 0.3) is 6.08 Å². The van der Waals surface area contributed by atoms with Gasteiger partial charge in [0.25, 0.3) is 5.91 Å². The average Bonchev–Trinajstić information content (AvgIpc) is 2.56. The second-order valence-corrected chi connectivity index (χ2v) is 5.10. The highest BCUT2D eigenvalue weighted by molar-refractivity contribution is 6.32. The molecule has 0 aliphatic heterocycles. The smallest absolute Gasteiger partial charge is 0.251 e. The molecule has 0 unspecified atom stereocenters. The number of carbonyl (C=O) groups excluding carboxylic acids is 1. The molecule has 0 saturated carbocycles. The van der Waals surface area contributed by atoms with Gasteiger partial charge < -0.3 is 14.8 Å². The highest BCUT2D eigenvalue weighted by Crippen LogP contribution is 2.28. The molecule has 0 fully saturated rings. The zero-order valence-corrected chi connectivity index (χ0v) is 13.8. The number of amides is 1. The maximum absolute atomic E-state index is 12.2. The van der Waals surface area contributed by atoms with Crippen LogP contribution in [0.15, 0.2) is 42.1 Å². The molecule has 0 atom stereocenters. The summed E-state index contributed by atoms with van der Waals surface area (Å²) in [5, 5.41) is 2.97. The third-order valence-electron chi connectivity index (χ3n) is 3.16. The van der Waals surface area contributed by atoms with Crippen LogP contribution in [0, 0.1) is 0 Å². The van der Waals surface area contributed by atoms with Gasteiger partial charge in [-0.25, -0.2) is 4.98 Å². The van der Waals surface area contributed by atoms with Crippen molar-refractivity contribution in [3.63, 3.8) is 0 Å². The summed E-state index contributed by atoms with van der Waals surface area (Å²) in [6.45, 7) is 1.72. The maximum atomic E-state index is 12.2. The predicted molar refractivity (Wildman–Crippen MR) is 91.1 cm³/mol. The summed E-state index contributed by atoms with van der Waals surface area (Å²) in [6.07, 6.45) is 3.31. The van der Waals surface area contributed by atoms with Crippen LogP contribution in [0.1, 0.15) is 12.5 Å². The zero-order chi connectivity index (χ0) is 16.8. The van der Waals surface area contributed by atoms with E-state index in [1.807, 2.05) is 6.07 Å². The van der Waals surface area contributed by atoms with Crippen LogP contribution in [0.4, 0.5) is 5.69 Å². The first-order valence-electron chi connectivity index (χ1n) is 6.87. The number of nitrogens with one attached hydrogen (secondary N) is 1. The van der Waals surface area contributed by atoms with Crippen molar-refractivity contribution in [2.45, 2.75) is 6.92 Å². The van der Waals surface area contributed by atoms with Crippen LogP contribution >= 0.6 is 11.6 Å². The number of hydrogen-bond acceptors (Lipinski definition) is 4. The largest absolute Gasteiger partial charge is 0.493 e. The van der Waals surface area contributed by atoms with Crippen molar-refractivity contribution in [3.8, 4) is 11.5 Å². The first-order valence-corrected chi connectivity index (χ1v) is 7.25. The molecule has 0 aliphatic carbocycles. The summed E-state index contributed by atoms with van der Waals surface area (Å²) in [7, 11) is 3.14. The van der Waals surface area contributed by atoms with Gasteiger partial charge in [0.2, 0.25) is 0 Å². The molecule has 1 amide bonds. The topological polar surface area (TPSA) is 60.5 Å². The molecule has 120 valence electrons. The molecule has 2 rings (SSSR count). The lowest BCUT2D eigenvalue weighted by Gasteiger charge is -2.09. The number of ether oxygens (including phenoxy) is 2. The summed E-state index contributed by atoms with van der Waals surface area (Å²) in [5.41, 5.74) is 1.82. The van der Waals surface area contributed by atoms with E-state index in [0.29, 0.717) is 22.8 Å². The van der Waals surface area contributed by atoms with Crippen molar-refractivity contribution >= 4 is 29.3 Å². The van der Waals surface area contributed by atoms with E-state index < -0.39 is 0 Å². The van der Waals surface area contributed by atoms with Crippen molar-refractivity contribution < 1.29 is 14.3 Å². The summed E-state index contributed by atoms with van der Waals surface area (Å²) in [6, 6.07) is 8.82. The molecule has 0 bridgehead atoms. The second kappa shape index (κ2) is 7.65. The fourth-order valence-electron chi connectivity index (χ4n) is 1.96. The Hall–Kier alpha value is -2.53. The number of halogens is 1. The van der Waals surface area contributed by atoms with E-state index in [1.54, 1.807) is 57.7 Å². The second-order valence-electron chi connectivity index (χ2n) is 4.74. The van der Waals surface area contributed by atoms with Crippen molar-refractivity contribution in [3.05, 3.63) is 52.8 Å². The number of nitrogens with zero attached hydrogens (tertiary/aromatic N) is 1. The van der Waals surface area contributed by atoms with E-state index in [9.17, 15) is 4.79 Å². The molecular formula is C17H17ClN2O3. The lowest BCUT2D eigenvalue weighted by Crippen LogP contribution is -2.13. The van der Waals surface area contributed by atoms with Gasteiger partial charge in [0.15, 0.2) is 16.7 Å². The molecule has 2 aromatic rings. The Morgan fingerprint density at radius 3 is 2.61 bits per heavy atom. The number of anilines is 1. The van der Waals surface area contributed by atoms with Crippen molar-refractivity contribution in [1.29, 1.82) is 0 Å². The first kappa shape index (κ1) is 16.8. The quantitative estimate of drug-likeness (QED) is 0.668. The summed E-state index contributed by atoms with van der Waals surface area (Å²) >= 11 is 5.93. The van der Waals surface area contributed by atoms with Crippen LogP contribution in [0.5, 0.6) is 11.5 Å². The Balaban J connectivity index is 2.19. The van der Waals surface area contributed by atoms with Crippen LogP contribution < -0.4 is 14.8 Å². The lowest BCUT2D eigenvalue weighted by molar-refractivity contribution is -0.112. The van der Waals surface area contributed by atoms with E-state index in [0.717, 1.165) is 5.56 Å². The van der Waals surface area contributed by atoms with E-state index in [1.165, 1.54) is 0 Å². The van der Waals surface area contributed by atoms with Gasteiger partial charge in [-0.15, -0.1) is 0 Å². The molecule has 23 heavy (non-hydrogen) atoms. The first-order chi connectivity index (χ1) is 11.0. The van der Waals surface area contributed by atoms with E-state index in [2.05, 4.69) is 10.3 Å². The summed E-state index contributed by atoms with van der Waals surface area (Å²) in [5.74, 6) is 0.980. The Labute approximate surface area is 139 Å². The summed E-state index contributed by atoms with van der Waals surface area (Å²) < 4.78 is 10.4. The molecule has 6 heteroatoms. The fraction of sp³-hybridized carbons (Fsp3) is 0.176. The Morgan fingerprint density at radius 1 is 1.22 bits per heavy atom. The van der Waals surface area contributed by atoms with E-state index in [4.69, 9.17) is 21.1 Å². The van der Waals surface area contributed by atoms with Gasteiger partial charge in [-0.2, -0.15) is 0 Å². The summed E-state index contributed by atoms with van der Waals surface area (Å²) in [4.78, 5) is 16.1.